The number of nitrogens with two attached hydrogens (primary N) is 1. The van der Waals surface area contributed by atoms with Crippen LogP contribution in [0.2, 0.25) is 0 Å². The second kappa shape index (κ2) is 6.46. The number of amides is 1. The molecule has 5 nitrogen and oxygen atoms in total. The number of carbonyl (C=O) groups is 1. The molecule has 1 aromatic rings. The predicted octanol–water partition coefficient (Wildman–Crippen LogP) is 1.63. The lowest BCUT2D eigenvalue weighted by atomic mass is 10.2. The number of halogens is 3. The molecule has 0 saturated heterocycles. The number of rotatable bonds is 7. The molecule has 21 heavy (non-hydrogen) atoms. The molecule has 1 amide bonds. The molecule has 1 aromatic heterocycles. The van der Waals surface area contributed by atoms with Crippen LogP contribution in [0, 0.1) is 0 Å². The Morgan fingerprint density at radius 2 is 2.19 bits per heavy atom. The largest absolute Gasteiger partial charge is 0.435 e. The lowest BCUT2D eigenvalue weighted by Crippen LogP contribution is -2.27. The van der Waals surface area contributed by atoms with Gasteiger partial charge in [0.25, 0.3) is 0 Å². The van der Waals surface area contributed by atoms with Crippen LogP contribution in [0.15, 0.2) is 6.07 Å². The molecular formula is C13H19F3N4O. The number of nitrogens with zero attached hydrogens (tertiary/aromatic N) is 2. The Hall–Kier alpha value is -1.57. The van der Waals surface area contributed by atoms with Crippen LogP contribution in [0.25, 0.3) is 0 Å². The maximum absolute atomic E-state index is 12.7. The Morgan fingerprint density at radius 3 is 2.76 bits per heavy atom. The number of nitrogens with one attached hydrogen (secondary N) is 1. The molecule has 3 N–H and O–H groups in total. The number of hydrogen-bond acceptors (Lipinski definition) is 3. The first-order valence-electron chi connectivity index (χ1n) is 7.03. The normalized spacial score (nSPS) is 15.2. The van der Waals surface area contributed by atoms with Crippen molar-refractivity contribution >= 4 is 5.91 Å². The zero-order chi connectivity index (χ0) is 15.5. The summed E-state index contributed by atoms with van der Waals surface area (Å²) in [6.45, 7) is 1.13. The molecule has 0 radical (unpaired) electrons. The molecule has 0 bridgehead atoms. The molecule has 8 heteroatoms. The molecular weight excluding hydrogens is 285 g/mol. The van der Waals surface area contributed by atoms with Crippen molar-refractivity contribution in [3.05, 3.63) is 17.5 Å². The van der Waals surface area contributed by atoms with Crippen LogP contribution < -0.4 is 11.1 Å². The summed E-state index contributed by atoms with van der Waals surface area (Å²) < 4.78 is 39.4. The number of aromatic nitrogens is 2. The first-order valence-corrected chi connectivity index (χ1v) is 7.03. The van der Waals surface area contributed by atoms with Crippen LogP contribution in [0.4, 0.5) is 13.2 Å². The molecule has 0 unspecified atom stereocenters. The number of carbonyl (C=O) groups excluding carboxylic acids is 1. The van der Waals surface area contributed by atoms with Crippen LogP contribution in [0.5, 0.6) is 0 Å². The molecule has 1 fully saturated rings. The number of hydrogen-bond donors (Lipinski definition) is 2. The average Bonchev–Trinajstić information content (AvgIpc) is 3.15. The maximum Gasteiger partial charge on any atom is 0.435 e. The van der Waals surface area contributed by atoms with Crippen molar-refractivity contribution in [2.45, 2.75) is 44.3 Å². The van der Waals surface area contributed by atoms with Crippen LogP contribution in [0.3, 0.4) is 0 Å². The predicted molar refractivity (Wildman–Crippen MR) is 70.5 cm³/mol. The first kappa shape index (κ1) is 15.8. The van der Waals surface area contributed by atoms with Crippen molar-refractivity contribution in [2.24, 2.45) is 5.73 Å². The van der Waals surface area contributed by atoms with Crippen molar-refractivity contribution in [3.8, 4) is 0 Å². The Labute approximate surface area is 120 Å². The minimum absolute atomic E-state index is 0.114. The van der Waals surface area contributed by atoms with Crippen molar-refractivity contribution in [1.29, 1.82) is 0 Å². The van der Waals surface area contributed by atoms with Gasteiger partial charge in [0.2, 0.25) is 5.91 Å². The fourth-order valence-corrected chi connectivity index (χ4v) is 2.08. The van der Waals surface area contributed by atoms with Gasteiger partial charge in [-0.15, -0.1) is 0 Å². The van der Waals surface area contributed by atoms with Gasteiger partial charge >= 0.3 is 6.18 Å². The van der Waals surface area contributed by atoms with E-state index in [1.807, 2.05) is 0 Å². The first-order chi connectivity index (χ1) is 9.91. The van der Waals surface area contributed by atoms with Gasteiger partial charge in [0.15, 0.2) is 5.69 Å². The molecule has 118 valence electrons. The van der Waals surface area contributed by atoms with Crippen molar-refractivity contribution in [3.63, 3.8) is 0 Å². The van der Waals surface area contributed by atoms with Gasteiger partial charge < -0.3 is 11.1 Å². The molecule has 2 rings (SSSR count). The van der Waals surface area contributed by atoms with Crippen LogP contribution in [-0.4, -0.2) is 28.8 Å². The molecule has 1 heterocycles. The van der Waals surface area contributed by atoms with Crippen LogP contribution in [-0.2, 0) is 17.5 Å². The van der Waals surface area contributed by atoms with Gasteiger partial charge in [0.1, 0.15) is 0 Å². The highest BCUT2D eigenvalue weighted by atomic mass is 19.4. The summed E-state index contributed by atoms with van der Waals surface area (Å²) in [5.41, 5.74) is 5.01. The smallest absolute Gasteiger partial charge is 0.356 e. The third kappa shape index (κ3) is 4.45. The Balaban J connectivity index is 1.95. The minimum Gasteiger partial charge on any atom is -0.356 e. The fourth-order valence-electron chi connectivity index (χ4n) is 2.08. The lowest BCUT2D eigenvalue weighted by Gasteiger charge is -2.07. The summed E-state index contributed by atoms with van der Waals surface area (Å²) in [5, 5.41) is 6.28. The zero-order valence-corrected chi connectivity index (χ0v) is 11.6. The average molecular weight is 304 g/mol. The van der Waals surface area contributed by atoms with Gasteiger partial charge in [-0.25, -0.2) is 0 Å². The third-order valence-electron chi connectivity index (χ3n) is 3.35. The maximum atomic E-state index is 12.7. The van der Waals surface area contributed by atoms with E-state index in [1.165, 1.54) is 4.68 Å². The van der Waals surface area contributed by atoms with Crippen LogP contribution in [0.1, 0.15) is 43.0 Å². The molecule has 0 aromatic carbocycles. The zero-order valence-electron chi connectivity index (χ0n) is 11.6. The van der Waals surface area contributed by atoms with Crippen molar-refractivity contribution in [1.82, 2.24) is 15.1 Å². The highest BCUT2D eigenvalue weighted by molar-refractivity contribution is 5.75. The number of aryl methyl sites for hydroxylation is 1. The monoisotopic (exact) mass is 304 g/mol. The standard InChI is InChI=1S/C13H19F3N4O/c14-13(15,16)11-8-10(9-2-3-9)20(19-11)7-4-12(21)18-6-1-5-17/h8-9H,1-7,17H2,(H,18,21). The molecule has 1 saturated carbocycles. The van der Waals surface area contributed by atoms with Gasteiger partial charge in [-0.05, 0) is 31.9 Å². The summed E-state index contributed by atoms with van der Waals surface area (Å²) in [5.74, 6) is -0.0526. The van der Waals surface area contributed by atoms with E-state index in [0.29, 0.717) is 25.2 Å². The summed E-state index contributed by atoms with van der Waals surface area (Å²) in [6, 6.07) is 1.10. The summed E-state index contributed by atoms with van der Waals surface area (Å²) >= 11 is 0. The molecule has 1 aliphatic carbocycles. The fraction of sp³-hybridized carbons (Fsp3) is 0.692. The SMILES string of the molecule is NCCCNC(=O)CCn1nc(C(F)(F)F)cc1C1CC1. The molecule has 0 spiro atoms. The van der Waals surface area contributed by atoms with E-state index >= 15 is 0 Å². The van der Waals surface area contributed by atoms with E-state index in [2.05, 4.69) is 10.4 Å². The van der Waals surface area contributed by atoms with Gasteiger partial charge in [-0.1, -0.05) is 0 Å². The summed E-state index contributed by atoms with van der Waals surface area (Å²) in [7, 11) is 0. The topological polar surface area (TPSA) is 72.9 Å². The second-order valence-corrected chi connectivity index (χ2v) is 5.19. The van der Waals surface area contributed by atoms with Crippen molar-refractivity contribution in [2.75, 3.05) is 13.1 Å². The van der Waals surface area contributed by atoms with E-state index in [9.17, 15) is 18.0 Å². The van der Waals surface area contributed by atoms with E-state index in [1.54, 1.807) is 0 Å². The lowest BCUT2D eigenvalue weighted by molar-refractivity contribution is -0.141. The van der Waals surface area contributed by atoms with Crippen molar-refractivity contribution < 1.29 is 18.0 Å². The van der Waals surface area contributed by atoms with E-state index in [4.69, 9.17) is 5.73 Å². The summed E-state index contributed by atoms with van der Waals surface area (Å²) in [6.07, 6.45) is -1.89. The summed E-state index contributed by atoms with van der Waals surface area (Å²) in [4.78, 5) is 11.6. The van der Waals surface area contributed by atoms with Crippen LogP contribution >= 0.6 is 0 Å². The Morgan fingerprint density at radius 1 is 1.48 bits per heavy atom. The van der Waals surface area contributed by atoms with E-state index in [-0.39, 0.29) is 24.8 Å². The minimum atomic E-state index is -4.45. The highest BCUT2D eigenvalue weighted by Crippen LogP contribution is 2.42. The molecule has 1 aliphatic rings. The third-order valence-corrected chi connectivity index (χ3v) is 3.35. The highest BCUT2D eigenvalue weighted by Gasteiger charge is 2.37. The van der Waals surface area contributed by atoms with Gasteiger partial charge in [0.05, 0.1) is 0 Å². The van der Waals surface area contributed by atoms with E-state index in [0.717, 1.165) is 18.9 Å². The van der Waals surface area contributed by atoms with Gasteiger partial charge in [0, 0.05) is 31.1 Å². The Kier molecular flexibility index (Phi) is 4.87. The molecule has 0 aliphatic heterocycles. The van der Waals surface area contributed by atoms with E-state index < -0.39 is 11.9 Å². The van der Waals surface area contributed by atoms with Gasteiger partial charge in [-0.2, -0.15) is 18.3 Å². The quantitative estimate of drug-likeness (QED) is 0.752. The number of alkyl halides is 3. The van der Waals surface area contributed by atoms with Gasteiger partial charge in [-0.3, -0.25) is 9.48 Å². The Bertz CT molecular complexity index is 494. The molecule has 0 atom stereocenters. The second-order valence-electron chi connectivity index (χ2n) is 5.19.